The van der Waals surface area contributed by atoms with Gasteiger partial charge in [0.15, 0.2) is 0 Å². The summed E-state index contributed by atoms with van der Waals surface area (Å²) >= 11 is 1.32. The lowest BCUT2D eigenvalue weighted by Gasteiger charge is -2.10. The number of benzene rings is 2. The van der Waals surface area contributed by atoms with Gasteiger partial charge in [-0.2, -0.15) is 0 Å². The van der Waals surface area contributed by atoms with Gasteiger partial charge in [0.25, 0.3) is 11.8 Å². The highest BCUT2D eigenvalue weighted by atomic mass is 32.2. The standard InChI is InChI=1S/C20H19NO3S/c1-13(2)24-15-11-9-14(10-12-15)17-18(20(23)21(3)19(17)22)25-16-7-5-4-6-8-16/h4-13H,1-3H3. The van der Waals surface area contributed by atoms with Crippen LogP contribution in [0.2, 0.25) is 0 Å². The Hall–Kier alpha value is -2.53. The minimum Gasteiger partial charge on any atom is -0.491 e. The quantitative estimate of drug-likeness (QED) is 0.763. The fourth-order valence-electron chi connectivity index (χ4n) is 2.54. The van der Waals surface area contributed by atoms with Gasteiger partial charge < -0.3 is 4.74 Å². The lowest BCUT2D eigenvalue weighted by atomic mass is 10.1. The molecule has 128 valence electrons. The van der Waals surface area contributed by atoms with Gasteiger partial charge in [-0.15, -0.1) is 0 Å². The molecule has 0 unspecified atom stereocenters. The van der Waals surface area contributed by atoms with E-state index in [1.165, 1.54) is 23.7 Å². The van der Waals surface area contributed by atoms with Crippen LogP contribution in [0.15, 0.2) is 64.4 Å². The predicted molar refractivity (Wildman–Crippen MR) is 99.2 cm³/mol. The highest BCUT2D eigenvalue weighted by Crippen LogP contribution is 2.39. The van der Waals surface area contributed by atoms with Gasteiger partial charge in [0.1, 0.15) is 5.75 Å². The molecule has 1 aliphatic heterocycles. The summed E-state index contributed by atoms with van der Waals surface area (Å²) < 4.78 is 5.64. The Balaban J connectivity index is 1.99. The van der Waals surface area contributed by atoms with Crippen LogP contribution in [0, 0.1) is 0 Å². The molecule has 0 saturated heterocycles. The van der Waals surface area contributed by atoms with Crippen LogP contribution in [0.1, 0.15) is 19.4 Å². The molecule has 3 rings (SSSR count). The first-order chi connectivity index (χ1) is 12.0. The maximum atomic E-state index is 12.6. The summed E-state index contributed by atoms with van der Waals surface area (Å²) in [5, 5.41) is 0. The number of hydrogen-bond acceptors (Lipinski definition) is 4. The lowest BCUT2D eigenvalue weighted by molar-refractivity contribution is -0.134. The number of nitrogens with zero attached hydrogens (tertiary/aromatic N) is 1. The summed E-state index contributed by atoms with van der Waals surface area (Å²) in [6, 6.07) is 16.9. The van der Waals surface area contributed by atoms with Crippen molar-refractivity contribution < 1.29 is 14.3 Å². The van der Waals surface area contributed by atoms with E-state index in [2.05, 4.69) is 0 Å². The predicted octanol–water partition coefficient (Wildman–Crippen LogP) is 3.98. The number of imide groups is 1. The Morgan fingerprint density at radius 2 is 1.56 bits per heavy atom. The van der Waals surface area contributed by atoms with E-state index in [1.54, 1.807) is 0 Å². The van der Waals surface area contributed by atoms with Crippen molar-refractivity contribution in [2.75, 3.05) is 7.05 Å². The number of likely N-dealkylation sites (N-methyl/N-ethyl adjacent to an activating group) is 1. The Kier molecular flexibility index (Phi) is 4.95. The normalized spacial score (nSPS) is 14.6. The topological polar surface area (TPSA) is 46.6 Å². The van der Waals surface area contributed by atoms with Crippen LogP contribution >= 0.6 is 11.8 Å². The molecule has 1 aliphatic rings. The van der Waals surface area contributed by atoms with Gasteiger partial charge in [-0.1, -0.05) is 42.1 Å². The second kappa shape index (κ2) is 7.15. The van der Waals surface area contributed by atoms with Gasteiger partial charge in [-0.3, -0.25) is 14.5 Å². The van der Waals surface area contributed by atoms with Crippen LogP contribution in [0.5, 0.6) is 5.75 Å². The molecule has 0 atom stereocenters. The average molecular weight is 353 g/mol. The van der Waals surface area contributed by atoms with E-state index in [0.717, 1.165) is 16.2 Å². The number of carbonyl (C=O) groups excluding carboxylic acids is 2. The number of hydrogen-bond donors (Lipinski definition) is 0. The van der Waals surface area contributed by atoms with Crippen LogP contribution in [0.25, 0.3) is 5.57 Å². The third-order valence-corrected chi connectivity index (χ3v) is 4.81. The average Bonchev–Trinajstić information content (AvgIpc) is 2.80. The molecule has 2 amide bonds. The van der Waals surface area contributed by atoms with E-state index in [9.17, 15) is 9.59 Å². The van der Waals surface area contributed by atoms with Crippen molar-refractivity contribution in [1.29, 1.82) is 0 Å². The van der Waals surface area contributed by atoms with Gasteiger partial charge in [-0.05, 0) is 43.7 Å². The minimum atomic E-state index is -0.277. The molecule has 0 aliphatic carbocycles. The third-order valence-electron chi connectivity index (χ3n) is 3.72. The van der Waals surface area contributed by atoms with Crippen molar-refractivity contribution in [2.24, 2.45) is 0 Å². The van der Waals surface area contributed by atoms with Crippen molar-refractivity contribution in [3.8, 4) is 5.75 Å². The van der Waals surface area contributed by atoms with E-state index >= 15 is 0 Å². The van der Waals surface area contributed by atoms with Gasteiger partial charge in [0.05, 0.1) is 16.6 Å². The monoisotopic (exact) mass is 353 g/mol. The van der Waals surface area contributed by atoms with Gasteiger partial charge in [-0.25, -0.2) is 0 Å². The first-order valence-corrected chi connectivity index (χ1v) is 8.85. The fourth-order valence-corrected chi connectivity index (χ4v) is 3.60. The third kappa shape index (κ3) is 3.61. The maximum absolute atomic E-state index is 12.6. The van der Waals surface area contributed by atoms with Crippen LogP contribution < -0.4 is 4.74 Å². The highest BCUT2D eigenvalue weighted by molar-refractivity contribution is 8.04. The minimum absolute atomic E-state index is 0.0788. The van der Waals surface area contributed by atoms with E-state index in [4.69, 9.17) is 4.74 Å². The van der Waals surface area contributed by atoms with Crippen molar-refractivity contribution in [3.05, 3.63) is 65.1 Å². The Labute approximate surface area is 151 Å². The van der Waals surface area contributed by atoms with Crippen LogP contribution in [0.3, 0.4) is 0 Å². The molecule has 0 N–H and O–H groups in total. The van der Waals surface area contributed by atoms with Crippen LogP contribution in [0.4, 0.5) is 0 Å². The number of thioether (sulfide) groups is 1. The largest absolute Gasteiger partial charge is 0.491 e. The van der Waals surface area contributed by atoms with Crippen LogP contribution in [-0.4, -0.2) is 29.9 Å². The summed E-state index contributed by atoms with van der Waals surface area (Å²) in [5.74, 6) is 0.194. The molecule has 0 fully saturated rings. The smallest absolute Gasteiger partial charge is 0.268 e. The molecule has 2 aromatic rings. The van der Waals surface area contributed by atoms with Crippen molar-refractivity contribution in [2.45, 2.75) is 24.8 Å². The zero-order valence-electron chi connectivity index (χ0n) is 14.4. The summed E-state index contributed by atoms with van der Waals surface area (Å²) in [7, 11) is 1.51. The molecule has 0 radical (unpaired) electrons. The van der Waals surface area contributed by atoms with Gasteiger partial charge in [0, 0.05) is 11.9 Å². The number of ether oxygens (including phenoxy) is 1. The maximum Gasteiger partial charge on any atom is 0.268 e. The molecule has 0 saturated carbocycles. The Morgan fingerprint density at radius 3 is 2.16 bits per heavy atom. The molecule has 0 aromatic heterocycles. The Morgan fingerprint density at radius 1 is 0.920 bits per heavy atom. The molecule has 25 heavy (non-hydrogen) atoms. The Bertz CT molecular complexity index is 826. The van der Waals surface area contributed by atoms with Gasteiger partial charge in [0.2, 0.25) is 0 Å². The molecule has 1 heterocycles. The van der Waals surface area contributed by atoms with Crippen molar-refractivity contribution in [3.63, 3.8) is 0 Å². The summed E-state index contributed by atoms with van der Waals surface area (Å²) in [5.41, 5.74) is 1.16. The first-order valence-electron chi connectivity index (χ1n) is 8.04. The van der Waals surface area contributed by atoms with E-state index in [-0.39, 0.29) is 17.9 Å². The second-order valence-corrected chi connectivity index (χ2v) is 7.06. The van der Waals surface area contributed by atoms with Crippen LogP contribution in [-0.2, 0) is 9.59 Å². The van der Waals surface area contributed by atoms with E-state index in [1.807, 2.05) is 68.4 Å². The molecule has 0 spiro atoms. The molecule has 5 heteroatoms. The van der Waals surface area contributed by atoms with Crippen molar-refractivity contribution in [1.82, 2.24) is 4.90 Å². The van der Waals surface area contributed by atoms with E-state index in [0.29, 0.717) is 10.5 Å². The lowest BCUT2D eigenvalue weighted by Crippen LogP contribution is -2.26. The zero-order valence-corrected chi connectivity index (χ0v) is 15.2. The summed E-state index contributed by atoms with van der Waals surface area (Å²) in [6.07, 6.45) is 0.0788. The van der Waals surface area contributed by atoms with Crippen molar-refractivity contribution >= 4 is 29.1 Å². The summed E-state index contributed by atoms with van der Waals surface area (Å²) in [4.78, 5) is 27.6. The molecule has 0 bridgehead atoms. The van der Waals surface area contributed by atoms with Gasteiger partial charge >= 0.3 is 0 Å². The highest BCUT2D eigenvalue weighted by Gasteiger charge is 2.37. The fraction of sp³-hybridized carbons (Fsp3) is 0.200. The zero-order chi connectivity index (χ0) is 18.0. The van der Waals surface area contributed by atoms with E-state index < -0.39 is 0 Å². The summed E-state index contributed by atoms with van der Waals surface area (Å²) in [6.45, 7) is 3.92. The number of rotatable bonds is 5. The number of carbonyl (C=O) groups is 2. The molecule has 2 aromatic carbocycles. The second-order valence-electron chi connectivity index (χ2n) is 5.98. The number of amides is 2. The molecular formula is C20H19NO3S. The SMILES string of the molecule is CC(C)Oc1ccc(C2=C(Sc3ccccc3)C(=O)N(C)C2=O)cc1. The molecule has 4 nitrogen and oxygen atoms in total. The molecular weight excluding hydrogens is 334 g/mol. The first kappa shape index (κ1) is 17.3.